The molecule has 1 amide bonds. The molecule has 19 heavy (non-hydrogen) atoms. The van der Waals surface area contributed by atoms with Crippen molar-refractivity contribution >= 4 is 48.9 Å². The lowest BCUT2D eigenvalue weighted by atomic mass is 10.2. The van der Waals surface area contributed by atoms with E-state index in [0.717, 1.165) is 21.1 Å². The number of anilines is 1. The van der Waals surface area contributed by atoms with E-state index in [1.165, 1.54) is 24.2 Å². The number of rotatable bonds is 3. The van der Waals surface area contributed by atoms with Crippen LogP contribution in [0, 0.1) is 5.92 Å². The second kappa shape index (κ2) is 4.80. The minimum absolute atomic E-state index is 0.0433. The first-order valence-electron chi connectivity index (χ1n) is 6.29. The lowest BCUT2D eigenvalue weighted by molar-refractivity contribution is 0.0794. The van der Waals surface area contributed by atoms with E-state index < -0.39 is 0 Å². The number of carbonyl (C=O) groups is 1. The molecule has 0 atom stereocenters. The summed E-state index contributed by atoms with van der Waals surface area (Å²) in [6.07, 6.45) is 2.49. The van der Waals surface area contributed by atoms with Crippen LogP contribution in [0.4, 0.5) is 5.69 Å². The summed E-state index contributed by atoms with van der Waals surface area (Å²) in [5, 5.41) is 0.969. The van der Waals surface area contributed by atoms with Crippen LogP contribution in [-0.2, 0) is 0 Å². The molecule has 0 spiro atoms. The van der Waals surface area contributed by atoms with E-state index in [4.69, 9.17) is 5.73 Å². The topological polar surface area (TPSA) is 46.3 Å². The van der Waals surface area contributed by atoms with E-state index >= 15 is 0 Å². The number of carbonyl (C=O) groups excluding carboxylic acids is 1. The molecule has 3 nitrogen and oxygen atoms in total. The molecule has 0 saturated heterocycles. The highest BCUT2D eigenvalue weighted by atomic mass is 79.9. The molecule has 0 bridgehead atoms. The van der Waals surface area contributed by atoms with Crippen molar-refractivity contribution in [3.8, 4) is 0 Å². The Labute approximate surface area is 124 Å². The molecule has 1 aliphatic rings. The SMILES string of the molecule is CN(CC1CC1)C(=O)c1sc2cc(Br)ccc2c1N. The van der Waals surface area contributed by atoms with Crippen molar-refractivity contribution in [3.05, 3.63) is 27.5 Å². The molecule has 1 saturated carbocycles. The van der Waals surface area contributed by atoms with Crippen molar-refractivity contribution in [1.82, 2.24) is 4.90 Å². The third-order valence-electron chi connectivity index (χ3n) is 3.46. The largest absolute Gasteiger partial charge is 0.397 e. The van der Waals surface area contributed by atoms with Gasteiger partial charge in [-0.1, -0.05) is 22.0 Å². The minimum Gasteiger partial charge on any atom is -0.397 e. The third kappa shape index (κ3) is 2.49. The summed E-state index contributed by atoms with van der Waals surface area (Å²) in [5.41, 5.74) is 6.73. The van der Waals surface area contributed by atoms with Gasteiger partial charge < -0.3 is 10.6 Å². The van der Waals surface area contributed by atoms with Crippen molar-refractivity contribution in [2.45, 2.75) is 12.8 Å². The molecule has 100 valence electrons. The Morgan fingerprint density at radius 3 is 2.95 bits per heavy atom. The fraction of sp³-hybridized carbons (Fsp3) is 0.357. The quantitative estimate of drug-likeness (QED) is 0.926. The summed E-state index contributed by atoms with van der Waals surface area (Å²) in [4.78, 5) is 14.9. The number of fused-ring (bicyclic) bond motifs is 1. The molecule has 2 N–H and O–H groups in total. The van der Waals surface area contributed by atoms with E-state index in [1.54, 1.807) is 4.90 Å². The highest BCUT2D eigenvalue weighted by Gasteiger charge is 2.27. The first kappa shape index (κ1) is 12.9. The number of hydrogen-bond acceptors (Lipinski definition) is 3. The molecule has 0 radical (unpaired) electrons. The first-order chi connectivity index (χ1) is 9.06. The lowest BCUT2D eigenvalue weighted by Crippen LogP contribution is -2.28. The first-order valence-corrected chi connectivity index (χ1v) is 7.90. The number of amides is 1. The van der Waals surface area contributed by atoms with Gasteiger partial charge in [-0.25, -0.2) is 0 Å². The second-order valence-corrected chi connectivity index (χ2v) is 7.08. The van der Waals surface area contributed by atoms with E-state index in [1.807, 2.05) is 25.2 Å². The Morgan fingerprint density at radius 2 is 2.26 bits per heavy atom. The normalized spacial score (nSPS) is 14.8. The van der Waals surface area contributed by atoms with Gasteiger partial charge >= 0.3 is 0 Å². The average Bonchev–Trinajstić information content (AvgIpc) is 3.12. The number of benzene rings is 1. The Kier molecular flexibility index (Phi) is 3.27. The summed E-state index contributed by atoms with van der Waals surface area (Å²) in [7, 11) is 1.86. The Balaban J connectivity index is 1.94. The van der Waals surface area contributed by atoms with E-state index in [-0.39, 0.29) is 5.91 Å². The van der Waals surface area contributed by atoms with Gasteiger partial charge in [-0.3, -0.25) is 4.79 Å². The van der Waals surface area contributed by atoms with Gasteiger partial charge in [0.1, 0.15) is 4.88 Å². The number of halogens is 1. The zero-order valence-corrected chi connectivity index (χ0v) is 13.1. The van der Waals surface area contributed by atoms with Crippen LogP contribution in [0.15, 0.2) is 22.7 Å². The van der Waals surface area contributed by atoms with Crippen LogP contribution in [0.2, 0.25) is 0 Å². The molecule has 2 aromatic rings. The zero-order valence-electron chi connectivity index (χ0n) is 10.6. The van der Waals surface area contributed by atoms with Crippen LogP contribution in [0.25, 0.3) is 10.1 Å². The molecule has 1 fully saturated rings. The summed E-state index contributed by atoms with van der Waals surface area (Å²) < 4.78 is 2.06. The highest BCUT2D eigenvalue weighted by molar-refractivity contribution is 9.10. The molecule has 1 aliphatic carbocycles. The average molecular weight is 339 g/mol. The molecule has 5 heteroatoms. The van der Waals surface area contributed by atoms with Crippen molar-refractivity contribution in [2.24, 2.45) is 5.92 Å². The lowest BCUT2D eigenvalue weighted by Gasteiger charge is -2.15. The predicted octanol–water partition coefficient (Wildman–Crippen LogP) is 3.73. The van der Waals surface area contributed by atoms with Gasteiger partial charge in [0.2, 0.25) is 0 Å². The van der Waals surface area contributed by atoms with Gasteiger partial charge in [-0.15, -0.1) is 11.3 Å². The maximum absolute atomic E-state index is 12.4. The predicted molar refractivity (Wildman–Crippen MR) is 83.6 cm³/mol. The van der Waals surface area contributed by atoms with E-state index in [2.05, 4.69) is 15.9 Å². The molecular formula is C14H15BrN2OS. The van der Waals surface area contributed by atoms with Crippen molar-refractivity contribution in [3.63, 3.8) is 0 Å². The number of thiophene rings is 1. The van der Waals surface area contributed by atoms with Gasteiger partial charge in [0.25, 0.3) is 5.91 Å². The van der Waals surface area contributed by atoms with Gasteiger partial charge in [0, 0.05) is 28.2 Å². The monoisotopic (exact) mass is 338 g/mol. The maximum atomic E-state index is 12.4. The third-order valence-corrected chi connectivity index (χ3v) is 5.11. The molecule has 1 heterocycles. The smallest absolute Gasteiger partial charge is 0.265 e. The summed E-state index contributed by atoms with van der Waals surface area (Å²) in [6, 6.07) is 5.92. The van der Waals surface area contributed by atoms with Gasteiger partial charge in [-0.2, -0.15) is 0 Å². The zero-order chi connectivity index (χ0) is 13.6. The molecule has 1 aromatic carbocycles. The van der Waals surface area contributed by atoms with Gasteiger partial charge in [0.15, 0.2) is 0 Å². The second-order valence-electron chi connectivity index (χ2n) is 5.11. The Hall–Kier alpha value is -1.07. The van der Waals surface area contributed by atoms with Gasteiger partial charge in [-0.05, 0) is 30.9 Å². The van der Waals surface area contributed by atoms with E-state index in [9.17, 15) is 4.79 Å². The number of hydrogen-bond donors (Lipinski definition) is 1. The number of nitrogen functional groups attached to an aromatic ring is 1. The number of nitrogens with two attached hydrogens (primary N) is 1. The van der Waals surface area contributed by atoms with Crippen LogP contribution in [0.1, 0.15) is 22.5 Å². The summed E-state index contributed by atoms with van der Waals surface area (Å²) in [6.45, 7) is 0.843. The molecule has 3 rings (SSSR count). The number of nitrogens with zero attached hydrogens (tertiary/aromatic N) is 1. The van der Waals surface area contributed by atoms with Crippen LogP contribution in [-0.4, -0.2) is 24.4 Å². The van der Waals surface area contributed by atoms with Crippen molar-refractivity contribution in [2.75, 3.05) is 19.3 Å². The molecule has 0 unspecified atom stereocenters. The maximum Gasteiger partial charge on any atom is 0.265 e. The van der Waals surface area contributed by atoms with Gasteiger partial charge in [0.05, 0.1) is 5.69 Å². The minimum atomic E-state index is 0.0433. The van der Waals surface area contributed by atoms with Crippen LogP contribution in [0.5, 0.6) is 0 Å². The van der Waals surface area contributed by atoms with Crippen LogP contribution >= 0.6 is 27.3 Å². The standard InChI is InChI=1S/C14H15BrN2OS/c1-17(7-8-2-3-8)14(18)13-12(16)10-5-4-9(15)6-11(10)19-13/h4-6,8H,2-3,7,16H2,1H3. The molecule has 0 aliphatic heterocycles. The molecule has 1 aromatic heterocycles. The Morgan fingerprint density at radius 1 is 1.53 bits per heavy atom. The fourth-order valence-corrected chi connectivity index (χ4v) is 3.86. The fourth-order valence-electron chi connectivity index (χ4n) is 2.19. The Bertz CT molecular complexity index is 648. The van der Waals surface area contributed by atoms with Crippen LogP contribution in [0.3, 0.4) is 0 Å². The van der Waals surface area contributed by atoms with Crippen molar-refractivity contribution in [1.29, 1.82) is 0 Å². The van der Waals surface area contributed by atoms with E-state index in [0.29, 0.717) is 16.5 Å². The van der Waals surface area contributed by atoms with Crippen LogP contribution < -0.4 is 5.73 Å². The summed E-state index contributed by atoms with van der Waals surface area (Å²) >= 11 is 4.92. The molecular weight excluding hydrogens is 324 g/mol. The highest BCUT2D eigenvalue weighted by Crippen LogP contribution is 2.36. The van der Waals surface area contributed by atoms with Crippen molar-refractivity contribution < 1.29 is 4.79 Å². The summed E-state index contributed by atoms with van der Waals surface area (Å²) in [5.74, 6) is 0.736.